The predicted octanol–water partition coefficient (Wildman–Crippen LogP) is 0.233. The van der Waals surface area contributed by atoms with Crippen molar-refractivity contribution in [2.75, 3.05) is 24.6 Å². The Bertz CT molecular complexity index is 288. The zero-order chi connectivity index (χ0) is 11.5. The first-order chi connectivity index (χ1) is 6.91. The van der Waals surface area contributed by atoms with Gasteiger partial charge in [0, 0.05) is 18.6 Å². The maximum Gasteiger partial charge on any atom is 0.153 e. The molecule has 1 aliphatic rings. The Hall–Kier alpha value is -0.130. The van der Waals surface area contributed by atoms with Crippen molar-refractivity contribution in [2.45, 2.75) is 38.8 Å². The minimum absolute atomic E-state index is 0.164. The second kappa shape index (κ2) is 5.27. The van der Waals surface area contributed by atoms with Gasteiger partial charge in [0.15, 0.2) is 9.84 Å². The zero-order valence-electron chi connectivity index (χ0n) is 9.65. The lowest BCUT2D eigenvalue weighted by Gasteiger charge is -2.33. The Morgan fingerprint density at radius 2 is 2.20 bits per heavy atom. The first-order valence-electron chi connectivity index (χ1n) is 5.61. The van der Waals surface area contributed by atoms with Crippen LogP contribution in [0.2, 0.25) is 0 Å². The molecule has 1 fully saturated rings. The number of nitrogens with two attached hydrogens (primary N) is 1. The fourth-order valence-electron chi connectivity index (χ4n) is 1.98. The Balaban J connectivity index is 2.32. The van der Waals surface area contributed by atoms with E-state index in [1.807, 2.05) is 13.8 Å². The van der Waals surface area contributed by atoms with Crippen LogP contribution in [0.15, 0.2) is 0 Å². The molecule has 0 aliphatic carbocycles. The van der Waals surface area contributed by atoms with Gasteiger partial charge in [-0.3, -0.25) is 4.90 Å². The summed E-state index contributed by atoms with van der Waals surface area (Å²) in [5.74, 6) is 0.626. The fraction of sp³-hybridized carbons (Fsp3) is 1.00. The van der Waals surface area contributed by atoms with Gasteiger partial charge in [0.2, 0.25) is 0 Å². The summed E-state index contributed by atoms with van der Waals surface area (Å²) in [6.45, 7) is 5.65. The topological polar surface area (TPSA) is 63.4 Å². The third kappa shape index (κ3) is 4.49. The van der Waals surface area contributed by atoms with Gasteiger partial charge in [0.05, 0.1) is 11.5 Å². The molecule has 0 saturated carbocycles. The highest BCUT2D eigenvalue weighted by Crippen LogP contribution is 2.12. The summed E-state index contributed by atoms with van der Waals surface area (Å²) in [6.07, 6.45) is 2.07. The Morgan fingerprint density at radius 1 is 1.53 bits per heavy atom. The van der Waals surface area contributed by atoms with Crippen LogP contribution < -0.4 is 5.73 Å². The first kappa shape index (κ1) is 12.9. The van der Waals surface area contributed by atoms with E-state index in [2.05, 4.69) is 4.90 Å². The molecule has 1 heterocycles. The molecule has 0 spiro atoms. The summed E-state index contributed by atoms with van der Waals surface area (Å²) in [6, 6.07) is 0.408. The molecule has 1 rings (SSSR count). The molecule has 90 valence electrons. The average molecular weight is 234 g/mol. The van der Waals surface area contributed by atoms with E-state index in [1.54, 1.807) is 0 Å². The quantitative estimate of drug-likeness (QED) is 0.756. The van der Waals surface area contributed by atoms with Gasteiger partial charge in [0.1, 0.15) is 0 Å². The van der Waals surface area contributed by atoms with Gasteiger partial charge >= 0.3 is 0 Å². The number of hydrogen-bond donors (Lipinski definition) is 1. The summed E-state index contributed by atoms with van der Waals surface area (Å²) in [4.78, 5) is 2.25. The SMILES string of the molecule is CC(N)CCCN1CCS(=O)(=O)CC1C. The van der Waals surface area contributed by atoms with Gasteiger partial charge in [-0.05, 0) is 33.2 Å². The highest BCUT2D eigenvalue weighted by atomic mass is 32.2. The van der Waals surface area contributed by atoms with Crippen LogP contribution in [0.25, 0.3) is 0 Å². The molecule has 0 bridgehead atoms. The summed E-state index contributed by atoms with van der Waals surface area (Å²) in [5.41, 5.74) is 5.67. The van der Waals surface area contributed by atoms with E-state index in [-0.39, 0.29) is 12.1 Å². The summed E-state index contributed by atoms with van der Waals surface area (Å²) < 4.78 is 22.7. The third-order valence-electron chi connectivity index (χ3n) is 2.91. The smallest absolute Gasteiger partial charge is 0.153 e. The molecule has 1 aliphatic heterocycles. The maximum atomic E-state index is 11.3. The summed E-state index contributed by atoms with van der Waals surface area (Å²) >= 11 is 0. The van der Waals surface area contributed by atoms with Crippen LogP contribution in [-0.2, 0) is 9.84 Å². The van der Waals surface area contributed by atoms with Crippen LogP contribution in [-0.4, -0.2) is 50.0 Å². The van der Waals surface area contributed by atoms with Crippen molar-refractivity contribution < 1.29 is 8.42 Å². The first-order valence-corrected chi connectivity index (χ1v) is 7.43. The number of rotatable bonds is 4. The minimum atomic E-state index is -2.77. The lowest BCUT2D eigenvalue weighted by Crippen LogP contribution is -2.47. The second-order valence-corrected chi connectivity index (χ2v) is 6.85. The van der Waals surface area contributed by atoms with Crippen LogP contribution in [0.5, 0.6) is 0 Å². The van der Waals surface area contributed by atoms with Crippen molar-refractivity contribution >= 4 is 9.84 Å². The number of nitrogens with zero attached hydrogens (tertiary/aromatic N) is 1. The van der Waals surface area contributed by atoms with Crippen molar-refractivity contribution in [3.63, 3.8) is 0 Å². The molecule has 1 saturated heterocycles. The monoisotopic (exact) mass is 234 g/mol. The highest BCUT2D eigenvalue weighted by Gasteiger charge is 2.27. The molecule has 4 nitrogen and oxygen atoms in total. The Morgan fingerprint density at radius 3 is 2.73 bits per heavy atom. The van der Waals surface area contributed by atoms with E-state index in [1.165, 1.54) is 0 Å². The predicted molar refractivity (Wildman–Crippen MR) is 62.6 cm³/mol. The lowest BCUT2D eigenvalue weighted by atomic mass is 10.2. The van der Waals surface area contributed by atoms with Gasteiger partial charge in [-0.2, -0.15) is 0 Å². The van der Waals surface area contributed by atoms with E-state index in [0.717, 1.165) is 19.4 Å². The van der Waals surface area contributed by atoms with Crippen molar-refractivity contribution in [3.8, 4) is 0 Å². The van der Waals surface area contributed by atoms with Gasteiger partial charge in [-0.1, -0.05) is 0 Å². The molecular formula is C10H22N2O2S. The standard InChI is InChI=1S/C10H22N2O2S/c1-9(11)4-3-5-12-6-7-15(13,14)8-10(12)2/h9-10H,3-8,11H2,1-2H3. The van der Waals surface area contributed by atoms with Crippen LogP contribution in [0.4, 0.5) is 0 Å². The molecule has 0 aromatic heterocycles. The van der Waals surface area contributed by atoms with Crippen LogP contribution in [0.1, 0.15) is 26.7 Å². The van der Waals surface area contributed by atoms with Gasteiger partial charge in [0.25, 0.3) is 0 Å². The number of sulfone groups is 1. The van der Waals surface area contributed by atoms with Crippen molar-refractivity contribution in [1.29, 1.82) is 0 Å². The molecule has 0 amide bonds. The van der Waals surface area contributed by atoms with E-state index < -0.39 is 9.84 Å². The molecule has 0 aromatic rings. The van der Waals surface area contributed by atoms with E-state index >= 15 is 0 Å². The molecule has 0 aromatic carbocycles. The van der Waals surface area contributed by atoms with Crippen LogP contribution in [0, 0.1) is 0 Å². The molecular weight excluding hydrogens is 212 g/mol. The number of hydrogen-bond acceptors (Lipinski definition) is 4. The Labute approximate surface area is 92.7 Å². The van der Waals surface area contributed by atoms with Crippen molar-refractivity contribution in [2.24, 2.45) is 5.73 Å². The lowest BCUT2D eigenvalue weighted by molar-refractivity contribution is 0.221. The molecule has 0 radical (unpaired) electrons. The third-order valence-corrected chi connectivity index (χ3v) is 4.71. The largest absolute Gasteiger partial charge is 0.328 e. The Kier molecular flexibility index (Phi) is 4.55. The van der Waals surface area contributed by atoms with E-state index in [0.29, 0.717) is 18.1 Å². The molecule has 5 heteroatoms. The van der Waals surface area contributed by atoms with E-state index in [9.17, 15) is 8.42 Å². The van der Waals surface area contributed by atoms with Crippen LogP contribution >= 0.6 is 0 Å². The van der Waals surface area contributed by atoms with E-state index in [4.69, 9.17) is 5.73 Å². The fourth-order valence-corrected chi connectivity index (χ4v) is 3.61. The van der Waals surface area contributed by atoms with Gasteiger partial charge < -0.3 is 5.73 Å². The second-order valence-electron chi connectivity index (χ2n) is 4.62. The van der Waals surface area contributed by atoms with Crippen LogP contribution in [0.3, 0.4) is 0 Å². The molecule has 2 atom stereocenters. The maximum absolute atomic E-state index is 11.3. The van der Waals surface area contributed by atoms with Gasteiger partial charge in [-0.15, -0.1) is 0 Å². The summed E-state index contributed by atoms with van der Waals surface area (Å²) in [5, 5.41) is 0. The van der Waals surface area contributed by atoms with Crippen molar-refractivity contribution in [1.82, 2.24) is 4.90 Å². The van der Waals surface area contributed by atoms with Gasteiger partial charge in [-0.25, -0.2) is 8.42 Å². The van der Waals surface area contributed by atoms with Crippen molar-refractivity contribution in [3.05, 3.63) is 0 Å². The molecule has 2 unspecified atom stereocenters. The molecule has 15 heavy (non-hydrogen) atoms. The zero-order valence-corrected chi connectivity index (χ0v) is 10.5. The average Bonchev–Trinajstić information content (AvgIpc) is 2.07. The minimum Gasteiger partial charge on any atom is -0.328 e. The molecule has 2 N–H and O–H groups in total. The normalized spacial score (nSPS) is 28.9. The highest BCUT2D eigenvalue weighted by molar-refractivity contribution is 7.91. The summed E-state index contributed by atoms with van der Waals surface area (Å²) in [7, 11) is -2.77.